The Balaban J connectivity index is 3.02. The van der Waals surface area contributed by atoms with Crippen LogP contribution in [0.3, 0.4) is 0 Å². The van der Waals surface area contributed by atoms with Crippen molar-refractivity contribution in [3.05, 3.63) is 42.6 Å². The third kappa shape index (κ3) is 1.45. The molecule has 2 rings (SSSR count). The van der Waals surface area contributed by atoms with Crippen LogP contribution in [-0.4, -0.2) is 19.9 Å². The lowest BCUT2D eigenvalue weighted by Gasteiger charge is -1.99. The summed E-state index contributed by atoms with van der Waals surface area (Å²) in [6.45, 7) is 1.55. The Hall–Kier alpha value is -2.51. The summed E-state index contributed by atoms with van der Waals surface area (Å²) in [6.07, 6.45) is 0. The Labute approximate surface area is 87.1 Å². The molecule has 8 nitrogen and oxygen atoms in total. The fourth-order valence-corrected chi connectivity index (χ4v) is 1.35. The number of nitrogens with one attached hydrogen (secondary N) is 2. The molecule has 0 radical (unpaired) electrons. The first-order valence-electron chi connectivity index (χ1n) is 4.27. The lowest BCUT2D eigenvalue weighted by Crippen LogP contribution is -2.29. The van der Waals surface area contributed by atoms with Crippen LogP contribution in [0.1, 0.15) is 5.69 Å². The van der Waals surface area contributed by atoms with E-state index in [1.165, 1.54) is 6.07 Å². The smallest absolute Gasteiger partial charge is 0.309 e. The first kappa shape index (κ1) is 10.0. The molecule has 8 heteroatoms. The second-order valence-corrected chi connectivity index (χ2v) is 3.17. The van der Waals surface area contributed by atoms with Crippen LogP contribution in [0.5, 0.6) is 0 Å². The molecule has 0 atom stereocenters. The van der Waals surface area contributed by atoms with Gasteiger partial charge in [-0.1, -0.05) is 0 Å². The van der Waals surface area contributed by atoms with E-state index in [1.807, 2.05) is 0 Å². The monoisotopic (exact) mass is 222 g/mol. The van der Waals surface area contributed by atoms with Gasteiger partial charge in [0, 0.05) is 11.8 Å². The molecular weight excluding hydrogens is 216 g/mol. The molecule has 0 spiro atoms. The minimum atomic E-state index is -0.943. The van der Waals surface area contributed by atoms with Gasteiger partial charge in [-0.15, -0.1) is 0 Å². The van der Waals surface area contributed by atoms with E-state index in [0.717, 1.165) is 0 Å². The molecule has 16 heavy (non-hydrogen) atoms. The summed E-state index contributed by atoms with van der Waals surface area (Å²) in [7, 11) is 0. The first-order valence-corrected chi connectivity index (χ1v) is 4.27. The molecule has 0 bridgehead atoms. The van der Waals surface area contributed by atoms with Crippen molar-refractivity contribution < 1.29 is 4.92 Å². The van der Waals surface area contributed by atoms with Crippen molar-refractivity contribution in [3.63, 3.8) is 0 Å². The Bertz CT molecular complexity index is 699. The van der Waals surface area contributed by atoms with Crippen LogP contribution in [-0.2, 0) is 0 Å². The van der Waals surface area contributed by atoms with E-state index in [1.54, 1.807) is 6.92 Å². The van der Waals surface area contributed by atoms with Crippen molar-refractivity contribution in [2.24, 2.45) is 0 Å². The highest BCUT2D eigenvalue weighted by atomic mass is 16.6. The molecule has 0 aliphatic carbocycles. The predicted octanol–water partition coefficient (Wildman–Crippen LogP) is -0.172. The standard InChI is InChI=1S/C8H6N4O4/c1-3-2-4(12(15)16)5-6(9-3)11-8(14)7(13)10-5/h2H,1H3,(H,10,13)(H,9,11,14). The van der Waals surface area contributed by atoms with Gasteiger partial charge in [0.2, 0.25) is 0 Å². The molecule has 0 aliphatic heterocycles. The number of nitrogens with zero attached hydrogens (tertiary/aromatic N) is 2. The number of aromatic nitrogens is 3. The van der Waals surface area contributed by atoms with Gasteiger partial charge in [-0.05, 0) is 6.92 Å². The van der Waals surface area contributed by atoms with E-state index in [-0.39, 0.29) is 16.9 Å². The van der Waals surface area contributed by atoms with Crippen molar-refractivity contribution in [2.75, 3.05) is 0 Å². The number of aromatic amines is 2. The highest BCUT2D eigenvalue weighted by Gasteiger charge is 2.15. The quantitative estimate of drug-likeness (QED) is 0.394. The van der Waals surface area contributed by atoms with Gasteiger partial charge in [0.1, 0.15) is 0 Å². The zero-order valence-electron chi connectivity index (χ0n) is 8.10. The summed E-state index contributed by atoms with van der Waals surface area (Å²) in [5, 5.41) is 10.7. The SMILES string of the molecule is Cc1cc([N+](=O)[O-])c2[nH]c(=O)c(=O)[nH]c2n1. The van der Waals surface area contributed by atoms with E-state index in [9.17, 15) is 19.7 Å². The molecule has 0 aliphatic rings. The van der Waals surface area contributed by atoms with E-state index in [0.29, 0.717) is 5.69 Å². The fourth-order valence-electron chi connectivity index (χ4n) is 1.35. The minimum absolute atomic E-state index is 0.00343. The van der Waals surface area contributed by atoms with Crippen molar-refractivity contribution in [3.8, 4) is 0 Å². The zero-order valence-corrected chi connectivity index (χ0v) is 8.10. The number of fused-ring (bicyclic) bond motifs is 1. The largest absolute Gasteiger partial charge is 0.315 e. The third-order valence-corrected chi connectivity index (χ3v) is 2.00. The molecule has 0 amide bonds. The van der Waals surface area contributed by atoms with Gasteiger partial charge in [-0.2, -0.15) is 0 Å². The average molecular weight is 222 g/mol. The molecule has 0 fully saturated rings. The fraction of sp³-hybridized carbons (Fsp3) is 0.125. The Morgan fingerprint density at radius 2 is 1.94 bits per heavy atom. The second kappa shape index (κ2) is 3.26. The van der Waals surface area contributed by atoms with Gasteiger partial charge >= 0.3 is 11.1 Å². The molecule has 0 unspecified atom stereocenters. The van der Waals surface area contributed by atoms with Crippen LogP contribution in [0.4, 0.5) is 5.69 Å². The van der Waals surface area contributed by atoms with Crippen molar-refractivity contribution in [1.29, 1.82) is 0 Å². The Morgan fingerprint density at radius 1 is 1.31 bits per heavy atom. The lowest BCUT2D eigenvalue weighted by molar-refractivity contribution is -0.383. The Morgan fingerprint density at radius 3 is 2.56 bits per heavy atom. The van der Waals surface area contributed by atoms with Gasteiger partial charge < -0.3 is 9.97 Å². The highest BCUT2D eigenvalue weighted by Crippen LogP contribution is 2.19. The van der Waals surface area contributed by atoms with Crippen LogP contribution in [0.2, 0.25) is 0 Å². The summed E-state index contributed by atoms with van der Waals surface area (Å²) in [6, 6.07) is 1.22. The first-order chi connectivity index (χ1) is 7.49. The van der Waals surface area contributed by atoms with E-state index in [2.05, 4.69) is 15.0 Å². The lowest BCUT2D eigenvalue weighted by atomic mass is 10.3. The molecule has 82 valence electrons. The zero-order chi connectivity index (χ0) is 11.9. The number of hydrogen-bond donors (Lipinski definition) is 2. The minimum Gasteiger partial charge on any atom is -0.309 e. The molecule has 0 aromatic carbocycles. The third-order valence-electron chi connectivity index (χ3n) is 2.00. The maximum Gasteiger partial charge on any atom is 0.315 e. The Kier molecular flexibility index (Phi) is 2.04. The van der Waals surface area contributed by atoms with Crippen molar-refractivity contribution >= 4 is 16.9 Å². The number of hydrogen-bond acceptors (Lipinski definition) is 5. The van der Waals surface area contributed by atoms with Crippen LogP contribution in [0.25, 0.3) is 11.2 Å². The van der Waals surface area contributed by atoms with Gasteiger partial charge in [-0.3, -0.25) is 19.7 Å². The van der Waals surface area contributed by atoms with Crippen LogP contribution in [0, 0.1) is 17.0 Å². The van der Waals surface area contributed by atoms with Crippen LogP contribution >= 0.6 is 0 Å². The summed E-state index contributed by atoms with van der Waals surface area (Å²) in [4.78, 5) is 40.3. The maximum absolute atomic E-state index is 11.0. The molecule has 2 aromatic rings. The van der Waals surface area contributed by atoms with E-state index >= 15 is 0 Å². The predicted molar refractivity (Wildman–Crippen MR) is 54.4 cm³/mol. The van der Waals surface area contributed by atoms with E-state index in [4.69, 9.17) is 0 Å². The molecule has 2 N–H and O–H groups in total. The molecule has 2 aromatic heterocycles. The van der Waals surface area contributed by atoms with E-state index < -0.39 is 16.0 Å². The average Bonchev–Trinajstić information content (AvgIpc) is 2.19. The molecule has 0 saturated carbocycles. The summed E-state index contributed by atoms with van der Waals surface area (Å²) in [5.41, 5.74) is -1.84. The van der Waals surface area contributed by atoms with Gasteiger partial charge in [-0.25, -0.2) is 4.98 Å². The molecule has 0 saturated heterocycles. The maximum atomic E-state index is 11.0. The number of pyridine rings is 1. The molecule has 2 heterocycles. The summed E-state index contributed by atoms with van der Waals surface area (Å²) < 4.78 is 0. The van der Waals surface area contributed by atoms with Crippen LogP contribution in [0.15, 0.2) is 15.7 Å². The normalized spacial score (nSPS) is 10.6. The summed E-state index contributed by atoms with van der Waals surface area (Å²) in [5.74, 6) is 0. The number of aryl methyl sites for hydroxylation is 1. The number of H-pyrrole nitrogens is 2. The number of rotatable bonds is 1. The summed E-state index contributed by atoms with van der Waals surface area (Å²) >= 11 is 0. The molecular formula is C8H6N4O4. The van der Waals surface area contributed by atoms with Crippen molar-refractivity contribution in [1.82, 2.24) is 15.0 Å². The van der Waals surface area contributed by atoms with Gasteiger partial charge in [0.15, 0.2) is 11.2 Å². The van der Waals surface area contributed by atoms with Crippen LogP contribution < -0.4 is 11.1 Å². The number of nitro groups is 1. The topological polar surface area (TPSA) is 122 Å². The van der Waals surface area contributed by atoms with Gasteiger partial charge in [0.25, 0.3) is 5.69 Å². The van der Waals surface area contributed by atoms with Crippen molar-refractivity contribution in [2.45, 2.75) is 6.92 Å². The second-order valence-electron chi connectivity index (χ2n) is 3.17. The highest BCUT2D eigenvalue weighted by molar-refractivity contribution is 5.80. The van der Waals surface area contributed by atoms with Gasteiger partial charge in [0.05, 0.1) is 4.92 Å².